The molecule has 0 aliphatic carbocycles. The van der Waals surface area contributed by atoms with Gasteiger partial charge in [0.1, 0.15) is 0 Å². The first-order chi connectivity index (χ1) is 9.79. The fourth-order valence-corrected chi connectivity index (χ4v) is 4.45. The maximum absolute atomic E-state index is 12.6. The Bertz CT molecular complexity index is 339. The van der Waals surface area contributed by atoms with Crippen LogP contribution in [0.15, 0.2) is 0 Å². The summed E-state index contributed by atoms with van der Waals surface area (Å²) in [7, 11) is 0. The Labute approximate surface area is 122 Å². The van der Waals surface area contributed by atoms with Crippen LogP contribution in [-0.4, -0.2) is 61.0 Å². The highest BCUT2D eigenvalue weighted by atomic mass is 16.2. The summed E-state index contributed by atoms with van der Waals surface area (Å²) < 4.78 is 0. The van der Waals surface area contributed by atoms with E-state index in [2.05, 4.69) is 22.0 Å². The van der Waals surface area contributed by atoms with Crippen LogP contribution in [0.4, 0.5) is 0 Å². The number of likely N-dealkylation sites (tertiary alicyclic amines) is 2. The Balaban J connectivity index is 1.57. The molecule has 3 rings (SSSR count). The summed E-state index contributed by atoms with van der Waals surface area (Å²) in [6, 6.07) is 0.617. The second-order valence-electron chi connectivity index (χ2n) is 6.78. The molecular formula is C16H29N3O. The fourth-order valence-electron chi connectivity index (χ4n) is 4.45. The lowest BCUT2D eigenvalue weighted by atomic mass is 9.93. The molecule has 3 heterocycles. The molecule has 0 aromatic heterocycles. The quantitative estimate of drug-likeness (QED) is 0.846. The maximum Gasteiger partial charge on any atom is 0.236 e. The van der Waals surface area contributed by atoms with Crippen LogP contribution in [0.25, 0.3) is 0 Å². The summed E-state index contributed by atoms with van der Waals surface area (Å²) in [6.07, 6.45) is 6.15. The van der Waals surface area contributed by atoms with Crippen LogP contribution in [0.3, 0.4) is 0 Å². The van der Waals surface area contributed by atoms with E-state index in [9.17, 15) is 4.79 Å². The molecule has 1 N–H and O–H groups in total. The molecule has 3 aliphatic heterocycles. The number of hydrogen-bond acceptors (Lipinski definition) is 3. The molecule has 114 valence electrons. The third kappa shape index (κ3) is 2.86. The summed E-state index contributed by atoms with van der Waals surface area (Å²) in [6.45, 7) is 8.32. The standard InChI is InChI=1S/C16H29N3O/c1-2-15-14-10-17-9-13(14)11-19(15)12-16(20)18-7-5-3-4-6-8-18/h13-15,17H,2-12H2,1H3. The van der Waals surface area contributed by atoms with E-state index in [-0.39, 0.29) is 0 Å². The van der Waals surface area contributed by atoms with Crippen molar-refractivity contribution in [1.82, 2.24) is 15.1 Å². The molecule has 3 atom stereocenters. The average molecular weight is 279 g/mol. The first kappa shape index (κ1) is 14.3. The normalized spacial score (nSPS) is 35.0. The molecule has 0 aromatic rings. The van der Waals surface area contributed by atoms with Gasteiger partial charge in [-0.15, -0.1) is 0 Å². The van der Waals surface area contributed by atoms with Crippen molar-refractivity contribution < 1.29 is 4.79 Å². The Hall–Kier alpha value is -0.610. The summed E-state index contributed by atoms with van der Waals surface area (Å²) in [5.41, 5.74) is 0. The molecule has 0 radical (unpaired) electrons. The first-order valence-electron chi connectivity index (χ1n) is 8.52. The highest BCUT2D eigenvalue weighted by Gasteiger charge is 2.43. The van der Waals surface area contributed by atoms with Crippen LogP contribution in [0, 0.1) is 11.8 Å². The SMILES string of the molecule is CCC1C2CNCC2CN1CC(=O)N1CCCCCC1. The number of fused-ring (bicyclic) bond motifs is 1. The van der Waals surface area contributed by atoms with Gasteiger partial charge < -0.3 is 10.2 Å². The van der Waals surface area contributed by atoms with E-state index in [0.29, 0.717) is 18.5 Å². The van der Waals surface area contributed by atoms with Crippen molar-refractivity contribution in [2.24, 2.45) is 11.8 Å². The fraction of sp³-hybridized carbons (Fsp3) is 0.938. The topological polar surface area (TPSA) is 35.6 Å². The van der Waals surface area contributed by atoms with Gasteiger partial charge in [0.05, 0.1) is 6.54 Å². The number of hydrogen-bond donors (Lipinski definition) is 1. The highest BCUT2D eigenvalue weighted by Crippen LogP contribution is 2.34. The van der Waals surface area contributed by atoms with Gasteiger partial charge in [0, 0.05) is 25.7 Å². The van der Waals surface area contributed by atoms with E-state index >= 15 is 0 Å². The molecule has 20 heavy (non-hydrogen) atoms. The second kappa shape index (κ2) is 6.44. The number of rotatable bonds is 3. The number of nitrogens with zero attached hydrogens (tertiary/aromatic N) is 2. The molecule has 3 unspecified atom stereocenters. The van der Waals surface area contributed by atoms with E-state index in [1.54, 1.807) is 0 Å². The smallest absolute Gasteiger partial charge is 0.236 e. The third-order valence-electron chi connectivity index (χ3n) is 5.54. The molecule has 1 amide bonds. The molecule has 3 fully saturated rings. The number of nitrogens with one attached hydrogen (secondary N) is 1. The Morgan fingerprint density at radius 3 is 2.60 bits per heavy atom. The summed E-state index contributed by atoms with van der Waals surface area (Å²) in [4.78, 5) is 17.1. The van der Waals surface area contributed by atoms with Gasteiger partial charge >= 0.3 is 0 Å². The van der Waals surface area contributed by atoms with Crippen molar-refractivity contribution in [1.29, 1.82) is 0 Å². The van der Waals surface area contributed by atoms with Gasteiger partial charge in [0.25, 0.3) is 0 Å². The number of amides is 1. The van der Waals surface area contributed by atoms with Crippen molar-refractivity contribution in [2.75, 3.05) is 39.3 Å². The predicted molar refractivity (Wildman–Crippen MR) is 80.5 cm³/mol. The number of carbonyl (C=O) groups is 1. The zero-order valence-electron chi connectivity index (χ0n) is 12.8. The minimum Gasteiger partial charge on any atom is -0.342 e. The van der Waals surface area contributed by atoms with Crippen molar-refractivity contribution in [3.8, 4) is 0 Å². The minimum absolute atomic E-state index is 0.373. The molecular weight excluding hydrogens is 250 g/mol. The Kier molecular flexibility index (Phi) is 4.61. The molecule has 0 aromatic carbocycles. The monoisotopic (exact) mass is 279 g/mol. The van der Waals surface area contributed by atoms with Crippen LogP contribution in [0.1, 0.15) is 39.0 Å². The van der Waals surface area contributed by atoms with Gasteiger partial charge in [-0.25, -0.2) is 0 Å². The van der Waals surface area contributed by atoms with E-state index in [0.717, 1.165) is 44.6 Å². The summed E-state index contributed by atoms with van der Waals surface area (Å²) in [5, 5.41) is 3.51. The highest BCUT2D eigenvalue weighted by molar-refractivity contribution is 5.78. The lowest BCUT2D eigenvalue weighted by Gasteiger charge is -2.29. The average Bonchev–Trinajstić information content (AvgIpc) is 2.88. The zero-order valence-corrected chi connectivity index (χ0v) is 12.8. The van der Waals surface area contributed by atoms with E-state index in [1.807, 2.05) is 0 Å². The largest absolute Gasteiger partial charge is 0.342 e. The van der Waals surface area contributed by atoms with E-state index in [1.165, 1.54) is 32.1 Å². The van der Waals surface area contributed by atoms with Gasteiger partial charge in [0.15, 0.2) is 0 Å². The van der Waals surface area contributed by atoms with Crippen LogP contribution >= 0.6 is 0 Å². The molecule has 3 aliphatic rings. The molecule has 4 heteroatoms. The van der Waals surface area contributed by atoms with Crippen molar-refractivity contribution in [2.45, 2.75) is 45.1 Å². The maximum atomic E-state index is 12.6. The van der Waals surface area contributed by atoms with Crippen molar-refractivity contribution >= 4 is 5.91 Å². The van der Waals surface area contributed by atoms with Crippen LogP contribution in [0.2, 0.25) is 0 Å². The zero-order chi connectivity index (χ0) is 13.9. The Morgan fingerprint density at radius 2 is 1.90 bits per heavy atom. The van der Waals surface area contributed by atoms with Gasteiger partial charge in [-0.05, 0) is 44.2 Å². The van der Waals surface area contributed by atoms with Crippen LogP contribution in [-0.2, 0) is 4.79 Å². The molecule has 4 nitrogen and oxygen atoms in total. The van der Waals surface area contributed by atoms with Gasteiger partial charge in [-0.3, -0.25) is 9.69 Å². The molecule has 3 saturated heterocycles. The van der Waals surface area contributed by atoms with E-state index in [4.69, 9.17) is 0 Å². The van der Waals surface area contributed by atoms with Crippen LogP contribution < -0.4 is 5.32 Å². The Morgan fingerprint density at radius 1 is 1.15 bits per heavy atom. The van der Waals surface area contributed by atoms with Gasteiger partial charge in [0.2, 0.25) is 5.91 Å². The van der Waals surface area contributed by atoms with Gasteiger partial charge in [-0.1, -0.05) is 19.8 Å². The van der Waals surface area contributed by atoms with E-state index < -0.39 is 0 Å². The molecule has 0 spiro atoms. The number of carbonyl (C=O) groups excluding carboxylic acids is 1. The minimum atomic E-state index is 0.373. The first-order valence-corrected chi connectivity index (χ1v) is 8.52. The third-order valence-corrected chi connectivity index (χ3v) is 5.54. The van der Waals surface area contributed by atoms with Gasteiger partial charge in [-0.2, -0.15) is 0 Å². The summed E-state index contributed by atoms with van der Waals surface area (Å²) >= 11 is 0. The second-order valence-corrected chi connectivity index (χ2v) is 6.78. The predicted octanol–water partition coefficient (Wildman–Crippen LogP) is 1.32. The summed E-state index contributed by atoms with van der Waals surface area (Å²) in [5.74, 6) is 1.92. The van der Waals surface area contributed by atoms with Crippen molar-refractivity contribution in [3.05, 3.63) is 0 Å². The molecule has 0 saturated carbocycles. The lowest BCUT2D eigenvalue weighted by molar-refractivity contribution is -0.132. The van der Waals surface area contributed by atoms with Crippen LogP contribution in [0.5, 0.6) is 0 Å². The lowest BCUT2D eigenvalue weighted by Crippen LogP contribution is -2.44. The van der Waals surface area contributed by atoms with Crippen molar-refractivity contribution in [3.63, 3.8) is 0 Å². The molecule has 0 bridgehead atoms.